The predicted octanol–water partition coefficient (Wildman–Crippen LogP) is 2.41. The molecule has 1 aromatic carbocycles. The van der Waals surface area contributed by atoms with E-state index < -0.39 is 0 Å². The molecule has 6 heteroatoms. The number of likely N-dealkylation sites (tertiary alicyclic amines) is 1. The van der Waals surface area contributed by atoms with Gasteiger partial charge in [-0.1, -0.05) is 12.1 Å². The van der Waals surface area contributed by atoms with Crippen molar-refractivity contribution in [3.8, 4) is 5.75 Å². The van der Waals surface area contributed by atoms with E-state index in [1.807, 2.05) is 31.3 Å². The van der Waals surface area contributed by atoms with Gasteiger partial charge in [-0.25, -0.2) is 0 Å². The van der Waals surface area contributed by atoms with E-state index in [4.69, 9.17) is 4.74 Å². The fraction of sp³-hybridized carbons (Fsp3) is 0.474. The van der Waals surface area contributed by atoms with Gasteiger partial charge in [-0.05, 0) is 56.6 Å². The van der Waals surface area contributed by atoms with Crippen LogP contribution in [0.4, 0.5) is 0 Å². The Morgan fingerprint density at radius 1 is 1.32 bits per heavy atom. The molecule has 25 heavy (non-hydrogen) atoms. The Morgan fingerprint density at radius 2 is 2.12 bits per heavy atom. The molecule has 1 fully saturated rings. The molecule has 0 bridgehead atoms. The Balaban J connectivity index is 1.70. The number of nitrogens with zero attached hydrogens (tertiary/aromatic N) is 3. The van der Waals surface area contributed by atoms with Gasteiger partial charge in [0.05, 0.1) is 13.2 Å². The maximum atomic E-state index is 12.5. The normalized spacial score (nSPS) is 17.2. The van der Waals surface area contributed by atoms with Gasteiger partial charge in [-0.3, -0.25) is 14.4 Å². The first kappa shape index (κ1) is 17.5. The number of carbonyl (C=O) groups is 1. The number of hydrogen-bond acceptors (Lipinski definition) is 4. The minimum atomic E-state index is -0.320. The summed E-state index contributed by atoms with van der Waals surface area (Å²) in [6.45, 7) is 4.56. The second-order valence-electron chi connectivity index (χ2n) is 6.44. The van der Waals surface area contributed by atoms with E-state index in [1.54, 1.807) is 18.0 Å². The lowest BCUT2D eigenvalue weighted by Crippen LogP contribution is -2.39. The lowest BCUT2D eigenvalue weighted by atomic mass is 10.0. The molecule has 1 amide bonds. The average Bonchev–Trinajstić information content (AvgIpc) is 3.35. The average molecular weight is 342 g/mol. The first-order valence-corrected chi connectivity index (χ1v) is 8.84. The molecular weight excluding hydrogens is 316 g/mol. The molecule has 3 rings (SSSR count). The Labute approximate surface area is 148 Å². The molecule has 0 unspecified atom stereocenters. The van der Waals surface area contributed by atoms with Crippen LogP contribution in [-0.4, -0.2) is 47.3 Å². The van der Waals surface area contributed by atoms with Crippen LogP contribution in [0.2, 0.25) is 0 Å². The smallest absolute Gasteiger partial charge is 0.244 e. The van der Waals surface area contributed by atoms with Crippen LogP contribution in [0.15, 0.2) is 42.7 Å². The maximum absolute atomic E-state index is 12.5. The highest BCUT2D eigenvalue weighted by molar-refractivity contribution is 5.79. The van der Waals surface area contributed by atoms with Crippen LogP contribution in [0.1, 0.15) is 37.4 Å². The summed E-state index contributed by atoms with van der Waals surface area (Å²) in [7, 11) is 1.68. The Morgan fingerprint density at radius 3 is 2.80 bits per heavy atom. The number of ether oxygens (including phenoxy) is 1. The van der Waals surface area contributed by atoms with E-state index >= 15 is 0 Å². The molecule has 6 nitrogen and oxygen atoms in total. The molecule has 0 saturated carbocycles. The van der Waals surface area contributed by atoms with Crippen LogP contribution < -0.4 is 10.1 Å². The van der Waals surface area contributed by atoms with Gasteiger partial charge in [0.15, 0.2) is 0 Å². The molecule has 1 aromatic heterocycles. The van der Waals surface area contributed by atoms with Gasteiger partial charge in [-0.2, -0.15) is 5.10 Å². The van der Waals surface area contributed by atoms with Gasteiger partial charge in [0.25, 0.3) is 0 Å². The second-order valence-corrected chi connectivity index (χ2v) is 6.44. The standard InChI is InChI=1S/C19H26N4O2/c1-15(23-12-6-9-21-23)19(24)20-14-18(22-10-3-4-11-22)16-7-5-8-17(13-16)25-2/h5-9,12-13,15,18H,3-4,10-11,14H2,1-2H3,(H,20,24)/t15-,18-/m0/s1. The number of nitrogens with one attached hydrogen (secondary N) is 1. The van der Waals surface area contributed by atoms with Crippen molar-refractivity contribution in [1.29, 1.82) is 0 Å². The summed E-state index contributed by atoms with van der Waals surface area (Å²) in [5.41, 5.74) is 1.17. The van der Waals surface area contributed by atoms with Crippen LogP contribution in [0.5, 0.6) is 5.75 Å². The van der Waals surface area contributed by atoms with E-state index in [9.17, 15) is 4.79 Å². The highest BCUT2D eigenvalue weighted by Crippen LogP contribution is 2.27. The zero-order valence-electron chi connectivity index (χ0n) is 14.9. The van der Waals surface area contributed by atoms with Crippen molar-refractivity contribution in [3.63, 3.8) is 0 Å². The minimum absolute atomic E-state index is 0.0178. The third kappa shape index (κ3) is 4.20. The van der Waals surface area contributed by atoms with Gasteiger partial charge in [0.2, 0.25) is 5.91 Å². The molecule has 0 radical (unpaired) electrons. The molecule has 1 aliphatic rings. The number of amides is 1. The van der Waals surface area contributed by atoms with E-state index in [2.05, 4.69) is 27.4 Å². The van der Waals surface area contributed by atoms with Crippen molar-refractivity contribution in [1.82, 2.24) is 20.0 Å². The third-order valence-corrected chi connectivity index (χ3v) is 4.83. The molecule has 0 spiro atoms. The van der Waals surface area contributed by atoms with Crippen molar-refractivity contribution in [2.24, 2.45) is 0 Å². The SMILES string of the molecule is COc1cccc([C@H](CNC(=O)[C@H](C)n2cccn2)N2CCCC2)c1. The molecule has 134 valence electrons. The molecular formula is C19H26N4O2. The largest absolute Gasteiger partial charge is 0.497 e. The van der Waals surface area contributed by atoms with E-state index in [-0.39, 0.29) is 18.0 Å². The van der Waals surface area contributed by atoms with E-state index in [0.29, 0.717) is 6.54 Å². The Hall–Kier alpha value is -2.34. The molecule has 1 saturated heterocycles. The highest BCUT2D eigenvalue weighted by atomic mass is 16.5. The summed E-state index contributed by atoms with van der Waals surface area (Å²) in [4.78, 5) is 14.9. The van der Waals surface area contributed by atoms with Crippen molar-refractivity contribution >= 4 is 5.91 Å². The predicted molar refractivity (Wildman–Crippen MR) is 96.5 cm³/mol. The first-order chi connectivity index (χ1) is 12.2. The van der Waals surface area contributed by atoms with E-state index in [0.717, 1.165) is 18.8 Å². The van der Waals surface area contributed by atoms with Crippen molar-refractivity contribution in [2.45, 2.75) is 31.8 Å². The third-order valence-electron chi connectivity index (χ3n) is 4.83. The van der Waals surface area contributed by atoms with Crippen LogP contribution in [-0.2, 0) is 4.79 Å². The van der Waals surface area contributed by atoms with Crippen LogP contribution in [0, 0.1) is 0 Å². The maximum Gasteiger partial charge on any atom is 0.244 e. The minimum Gasteiger partial charge on any atom is -0.497 e. The summed E-state index contributed by atoms with van der Waals surface area (Å²) >= 11 is 0. The fourth-order valence-electron chi connectivity index (χ4n) is 3.33. The number of rotatable bonds is 7. The summed E-state index contributed by atoms with van der Waals surface area (Å²) in [6, 6.07) is 9.79. The molecule has 1 N–H and O–H groups in total. The second kappa shape index (κ2) is 8.16. The van der Waals surface area contributed by atoms with Crippen LogP contribution in [0.25, 0.3) is 0 Å². The number of hydrogen-bond donors (Lipinski definition) is 1. The lowest BCUT2D eigenvalue weighted by Gasteiger charge is -2.29. The first-order valence-electron chi connectivity index (χ1n) is 8.84. The summed E-state index contributed by atoms with van der Waals surface area (Å²) in [5.74, 6) is 0.828. The number of benzene rings is 1. The summed E-state index contributed by atoms with van der Waals surface area (Å²) in [6.07, 6.45) is 5.91. The van der Waals surface area contributed by atoms with Gasteiger partial charge in [-0.15, -0.1) is 0 Å². The van der Waals surface area contributed by atoms with Crippen molar-refractivity contribution in [2.75, 3.05) is 26.7 Å². The zero-order chi connectivity index (χ0) is 17.6. The molecule has 2 heterocycles. The fourth-order valence-corrected chi connectivity index (χ4v) is 3.33. The van der Waals surface area contributed by atoms with Gasteiger partial charge in [0, 0.05) is 18.9 Å². The topological polar surface area (TPSA) is 59.4 Å². The number of methoxy groups -OCH3 is 1. The summed E-state index contributed by atoms with van der Waals surface area (Å²) < 4.78 is 7.04. The molecule has 2 aromatic rings. The van der Waals surface area contributed by atoms with E-state index in [1.165, 1.54) is 18.4 Å². The molecule has 1 aliphatic heterocycles. The monoisotopic (exact) mass is 342 g/mol. The van der Waals surface area contributed by atoms with Gasteiger partial charge < -0.3 is 10.1 Å². The Bertz CT molecular complexity index is 680. The van der Waals surface area contributed by atoms with Crippen molar-refractivity contribution in [3.05, 3.63) is 48.3 Å². The lowest BCUT2D eigenvalue weighted by molar-refractivity contribution is -0.124. The van der Waals surface area contributed by atoms with Crippen LogP contribution in [0.3, 0.4) is 0 Å². The highest BCUT2D eigenvalue weighted by Gasteiger charge is 2.25. The summed E-state index contributed by atoms with van der Waals surface area (Å²) in [5, 5.41) is 7.25. The van der Waals surface area contributed by atoms with Gasteiger partial charge >= 0.3 is 0 Å². The number of carbonyl (C=O) groups excluding carboxylic acids is 1. The molecule has 0 aliphatic carbocycles. The zero-order valence-corrected chi connectivity index (χ0v) is 14.9. The van der Waals surface area contributed by atoms with Crippen LogP contribution >= 0.6 is 0 Å². The quantitative estimate of drug-likeness (QED) is 0.839. The Kier molecular flexibility index (Phi) is 5.71. The number of aromatic nitrogens is 2. The van der Waals surface area contributed by atoms with Crippen molar-refractivity contribution < 1.29 is 9.53 Å². The molecule has 2 atom stereocenters. The van der Waals surface area contributed by atoms with Gasteiger partial charge in [0.1, 0.15) is 11.8 Å².